The third kappa shape index (κ3) is 6.47. The zero-order valence-corrected chi connectivity index (χ0v) is 17.4. The fourth-order valence-corrected chi connectivity index (χ4v) is 3.14. The average molecular weight is 399 g/mol. The standard InChI is InChI=1S/C19H34N4O5/c1-10(2)9-13(19(27)28)22-16(24)12(5)21-17(25)14-7-6-8-23(14)18(26)15(20)11(3)4/h10-15H,6-9,20H2,1-5H3,(H,21,25)(H,22,24)(H,27,28)/t12-,13-,14-,15-/m0/s1. The van der Waals surface area contributed by atoms with Crippen LogP contribution in [0.3, 0.4) is 0 Å². The number of hydrogen-bond donors (Lipinski definition) is 4. The first kappa shape index (κ1) is 23.9. The summed E-state index contributed by atoms with van der Waals surface area (Å²) >= 11 is 0. The fraction of sp³-hybridized carbons (Fsp3) is 0.789. The summed E-state index contributed by atoms with van der Waals surface area (Å²) in [6.07, 6.45) is 1.48. The van der Waals surface area contributed by atoms with Gasteiger partial charge in [-0.1, -0.05) is 27.7 Å². The van der Waals surface area contributed by atoms with Crippen LogP contribution in [-0.4, -0.2) is 64.4 Å². The second kappa shape index (κ2) is 10.4. The lowest BCUT2D eigenvalue weighted by atomic mass is 10.0. The molecule has 0 aromatic carbocycles. The van der Waals surface area contributed by atoms with E-state index in [2.05, 4.69) is 10.6 Å². The van der Waals surface area contributed by atoms with Gasteiger partial charge in [-0.05, 0) is 38.0 Å². The van der Waals surface area contributed by atoms with E-state index >= 15 is 0 Å². The number of nitrogens with one attached hydrogen (secondary N) is 2. The Bertz CT molecular complexity index is 593. The molecule has 1 rings (SSSR count). The minimum atomic E-state index is -1.11. The molecule has 1 fully saturated rings. The number of nitrogens with zero attached hydrogens (tertiary/aromatic N) is 1. The Morgan fingerprint density at radius 3 is 2.21 bits per heavy atom. The molecule has 9 heteroatoms. The number of carboxylic acids is 1. The van der Waals surface area contributed by atoms with Crippen LogP contribution in [0.15, 0.2) is 0 Å². The van der Waals surface area contributed by atoms with Crippen molar-refractivity contribution in [1.82, 2.24) is 15.5 Å². The van der Waals surface area contributed by atoms with Crippen LogP contribution in [0.25, 0.3) is 0 Å². The summed E-state index contributed by atoms with van der Waals surface area (Å²) in [5.74, 6) is -2.34. The van der Waals surface area contributed by atoms with Crippen LogP contribution in [0.2, 0.25) is 0 Å². The third-order valence-electron chi connectivity index (χ3n) is 4.92. The first-order valence-corrected chi connectivity index (χ1v) is 9.85. The molecule has 0 spiro atoms. The van der Waals surface area contributed by atoms with Gasteiger partial charge < -0.3 is 26.4 Å². The quantitative estimate of drug-likeness (QED) is 0.433. The maximum atomic E-state index is 12.6. The minimum Gasteiger partial charge on any atom is -0.480 e. The second-order valence-electron chi connectivity index (χ2n) is 8.22. The molecular formula is C19H34N4O5. The van der Waals surface area contributed by atoms with E-state index in [9.17, 15) is 24.3 Å². The number of likely N-dealkylation sites (tertiary alicyclic amines) is 1. The molecule has 0 aliphatic carbocycles. The van der Waals surface area contributed by atoms with E-state index in [1.807, 2.05) is 27.7 Å². The molecule has 160 valence electrons. The van der Waals surface area contributed by atoms with Gasteiger partial charge in [0.25, 0.3) is 0 Å². The predicted molar refractivity (Wildman–Crippen MR) is 104 cm³/mol. The Morgan fingerprint density at radius 2 is 1.71 bits per heavy atom. The van der Waals surface area contributed by atoms with Crippen LogP contribution in [0.4, 0.5) is 0 Å². The first-order valence-electron chi connectivity index (χ1n) is 9.85. The smallest absolute Gasteiger partial charge is 0.326 e. The van der Waals surface area contributed by atoms with E-state index in [0.717, 1.165) is 0 Å². The maximum Gasteiger partial charge on any atom is 0.326 e. The number of amides is 3. The lowest BCUT2D eigenvalue weighted by Gasteiger charge is -2.29. The van der Waals surface area contributed by atoms with Crippen molar-refractivity contribution in [3.8, 4) is 0 Å². The Labute approximate surface area is 166 Å². The predicted octanol–water partition coefficient (Wildman–Crippen LogP) is 0.0809. The average Bonchev–Trinajstić information content (AvgIpc) is 3.08. The molecule has 1 saturated heterocycles. The van der Waals surface area contributed by atoms with Crippen molar-refractivity contribution in [3.63, 3.8) is 0 Å². The van der Waals surface area contributed by atoms with Crippen LogP contribution in [-0.2, 0) is 19.2 Å². The molecule has 28 heavy (non-hydrogen) atoms. The van der Waals surface area contributed by atoms with Crippen molar-refractivity contribution in [3.05, 3.63) is 0 Å². The third-order valence-corrected chi connectivity index (χ3v) is 4.92. The van der Waals surface area contributed by atoms with Gasteiger partial charge in [-0.25, -0.2) is 4.79 Å². The molecule has 0 aromatic heterocycles. The van der Waals surface area contributed by atoms with Crippen LogP contribution < -0.4 is 16.4 Å². The molecule has 9 nitrogen and oxygen atoms in total. The molecular weight excluding hydrogens is 364 g/mol. The van der Waals surface area contributed by atoms with E-state index in [1.54, 1.807) is 0 Å². The molecule has 1 heterocycles. The highest BCUT2D eigenvalue weighted by Crippen LogP contribution is 2.20. The Kier molecular flexibility index (Phi) is 8.87. The van der Waals surface area contributed by atoms with Crippen molar-refractivity contribution < 1.29 is 24.3 Å². The Balaban J connectivity index is 2.70. The number of carboxylic acid groups (broad SMARTS) is 1. The zero-order valence-electron chi connectivity index (χ0n) is 17.4. The fourth-order valence-electron chi connectivity index (χ4n) is 3.14. The Hall–Kier alpha value is -2.16. The molecule has 3 amide bonds. The monoisotopic (exact) mass is 398 g/mol. The van der Waals surface area contributed by atoms with Gasteiger partial charge in [0.1, 0.15) is 18.1 Å². The zero-order chi connectivity index (χ0) is 21.6. The normalized spacial score (nSPS) is 20.0. The molecule has 0 radical (unpaired) electrons. The number of carbonyl (C=O) groups is 4. The summed E-state index contributed by atoms with van der Waals surface area (Å²) in [6, 6.07) is -3.28. The lowest BCUT2D eigenvalue weighted by Crippen LogP contribution is -2.56. The SMILES string of the molecule is CC(C)C[C@H](NC(=O)[C@H](C)NC(=O)[C@@H]1CCCN1C(=O)[C@@H](N)C(C)C)C(=O)O. The summed E-state index contributed by atoms with van der Waals surface area (Å²) in [7, 11) is 0. The maximum absolute atomic E-state index is 12.6. The summed E-state index contributed by atoms with van der Waals surface area (Å²) in [6.45, 7) is 9.35. The van der Waals surface area contributed by atoms with E-state index in [4.69, 9.17) is 5.73 Å². The molecule has 0 unspecified atom stereocenters. The van der Waals surface area contributed by atoms with Gasteiger partial charge in [-0.2, -0.15) is 0 Å². The van der Waals surface area contributed by atoms with Crippen molar-refractivity contribution >= 4 is 23.7 Å². The highest BCUT2D eigenvalue weighted by Gasteiger charge is 2.37. The number of carbonyl (C=O) groups excluding carboxylic acids is 3. The largest absolute Gasteiger partial charge is 0.480 e. The minimum absolute atomic E-state index is 0.0459. The summed E-state index contributed by atoms with van der Waals surface area (Å²) in [5, 5.41) is 14.3. The van der Waals surface area contributed by atoms with Crippen molar-refractivity contribution in [2.45, 2.75) is 78.0 Å². The summed E-state index contributed by atoms with van der Waals surface area (Å²) < 4.78 is 0. The van der Waals surface area contributed by atoms with E-state index in [1.165, 1.54) is 11.8 Å². The van der Waals surface area contributed by atoms with Crippen LogP contribution in [0.5, 0.6) is 0 Å². The van der Waals surface area contributed by atoms with Gasteiger partial charge in [-0.3, -0.25) is 14.4 Å². The molecule has 1 aliphatic rings. The van der Waals surface area contributed by atoms with Gasteiger partial charge >= 0.3 is 5.97 Å². The van der Waals surface area contributed by atoms with Gasteiger partial charge in [0.2, 0.25) is 17.7 Å². The van der Waals surface area contributed by atoms with E-state index in [0.29, 0.717) is 25.8 Å². The van der Waals surface area contributed by atoms with Crippen LogP contribution >= 0.6 is 0 Å². The molecule has 1 aliphatic heterocycles. The number of aliphatic carboxylic acids is 1. The Morgan fingerprint density at radius 1 is 1.11 bits per heavy atom. The highest BCUT2D eigenvalue weighted by molar-refractivity contribution is 5.94. The second-order valence-corrected chi connectivity index (χ2v) is 8.22. The van der Waals surface area contributed by atoms with E-state index < -0.39 is 42.0 Å². The van der Waals surface area contributed by atoms with Gasteiger partial charge in [0.15, 0.2) is 0 Å². The number of nitrogens with two attached hydrogens (primary N) is 1. The number of hydrogen-bond acceptors (Lipinski definition) is 5. The topological polar surface area (TPSA) is 142 Å². The van der Waals surface area contributed by atoms with Crippen LogP contribution in [0.1, 0.15) is 53.9 Å². The lowest BCUT2D eigenvalue weighted by molar-refractivity contribution is -0.143. The van der Waals surface area contributed by atoms with Gasteiger partial charge in [0, 0.05) is 6.54 Å². The molecule has 5 N–H and O–H groups in total. The van der Waals surface area contributed by atoms with Crippen LogP contribution in [0, 0.1) is 11.8 Å². The molecule has 0 saturated carbocycles. The van der Waals surface area contributed by atoms with Gasteiger partial charge in [0.05, 0.1) is 6.04 Å². The first-order chi connectivity index (χ1) is 13.0. The highest BCUT2D eigenvalue weighted by atomic mass is 16.4. The summed E-state index contributed by atoms with van der Waals surface area (Å²) in [4.78, 5) is 50.2. The van der Waals surface area contributed by atoms with Crippen molar-refractivity contribution in [2.75, 3.05) is 6.54 Å². The number of rotatable bonds is 9. The molecule has 0 aromatic rings. The van der Waals surface area contributed by atoms with Crippen molar-refractivity contribution in [2.24, 2.45) is 17.6 Å². The van der Waals surface area contributed by atoms with E-state index in [-0.39, 0.29) is 17.7 Å². The summed E-state index contributed by atoms with van der Waals surface area (Å²) in [5.41, 5.74) is 5.93. The van der Waals surface area contributed by atoms with Crippen molar-refractivity contribution in [1.29, 1.82) is 0 Å². The van der Waals surface area contributed by atoms with Gasteiger partial charge in [-0.15, -0.1) is 0 Å². The molecule has 0 bridgehead atoms. The molecule has 4 atom stereocenters.